The number of hydrogen-bond donors (Lipinski definition) is 0. The van der Waals surface area contributed by atoms with E-state index in [1.165, 1.54) is 0 Å². The average Bonchev–Trinajstić information content (AvgIpc) is 3.15. The molecular formula is C18H14N2O. The van der Waals surface area contributed by atoms with E-state index in [1.807, 2.05) is 59.5 Å². The lowest BCUT2D eigenvalue weighted by Gasteiger charge is -2.02. The summed E-state index contributed by atoms with van der Waals surface area (Å²) in [6.45, 7) is 0. The van der Waals surface area contributed by atoms with Crippen LogP contribution in [0.4, 0.5) is 0 Å². The molecule has 0 saturated carbocycles. The van der Waals surface area contributed by atoms with Gasteiger partial charge in [-0.05, 0) is 29.7 Å². The number of carbonyl (C=O) groups excluding carboxylic acids is 1. The molecule has 3 nitrogen and oxygen atoms in total. The quantitative estimate of drug-likeness (QED) is 0.714. The third kappa shape index (κ3) is 2.07. The summed E-state index contributed by atoms with van der Waals surface area (Å²) in [6.07, 6.45) is 5.39. The number of para-hydroxylation sites is 1. The topological polar surface area (TPSA) is 34.9 Å². The molecule has 1 aromatic heterocycles. The maximum atomic E-state index is 11.7. The molecule has 0 N–H and O–H groups in total. The minimum atomic E-state index is 0.261. The van der Waals surface area contributed by atoms with Crippen molar-refractivity contribution in [2.45, 2.75) is 12.8 Å². The number of hydrogen-bond acceptors (Lipinski definition) is 2. The Labute approximate surface area is 122 Å². The van der Waals surface area contributed by atoms with Crippen LogP contribution in [0.3, 0.4) is 0 Å². The molecule has 0 unspecified atom stereocenters. The van der Waals surface area contributed by atoms with Gasteiger partial charge in [-0.2, -0.15) is 5.10 Å². The highest BCUT2D eigenvalue weighted by molar-refractivity contribution is 6.00. The van der Waals surface area contributed by atoms with Gasteiger partial charge in [-0.15, -0.1) is 0 Å². The fourth-order valence-electron chi connectivity index (χ4n) is 2.83. The van der Waals surface area contributed by atoms with Crippen molar-refractivity contribution in [3.8, 4) is 16.8 Å². The summed E-state index contributed by atoms with van der Waals surface area (Å²) in [5.74, 6) is 0.261. The largest absolute Gasteiger partial charge is 0.294 e. The van der Waals surface area contributed by atoms with Crippen LogP contribution < -0.4 is 0 Å². The molecule has 21 heavy (non-hydrogen) atoms. The summed E-state index contributed by atoms with van der Waals surface area (Å²) in [5, 5.41) is 4.42. The maximum absolute atomic E-state index is 11.7. The fourth-order valence-corrected chi connectivity index (χ4v) is 2.83. The van der Waals surface area contributed by atoms with E-state index < -0.39 is 0 Å². The van der Waals surface area contributed by atoms with Crippen LogP contribution in [0.2, 0.25) is 0 Å². The van der Waals surface area contributed by atoms with Crippen molar-refractivity contribution in [2.75, 3.05) is 0 Å². The van der Waals surface area contributed by atoms with Crippen molar-refractivity contribution < 1.29 is 4.79 Å². The second kappa shape index (κ2) is 4.70. The Morgan fingerprint density at radius 3 is 2.67 bits per heavy atom. The first-order valence-corrected chi connectivity index (χ1v) is 7.08. The molecule has 0 fully saturated rings. The first kappa shape index (κ1) is 12.1. The van der Waals surface area contributed by atoms with Crippen molar-refractivity contribution in [3.63, 3.8) is 0 Å². The predicted molar refractivity (Wildman–Crippen MR) is 81.7 cm³/mol. The zero-order chi connectivity index (χ0) is 14.2. The predicted octanol–water partition coefficient (Wildman–Crippen LogP) is 3.67. The van der Waals surface area contributed by atoms with Gasteiger partial charge in [0.2, 0.25) is 0 Å². The molecule has 0 spiro atoms. The number of ketones is 1. The monoisotopic (exact) mass is 274 g/mol. The molecule has 1 aliphatic carbocycles. The first-order chi connectivity index (χ1) is 10.3. The van der Waals surface area contributed by atoms with Crippen LogP contribution >= 0.6 is 0 Å². The summed E-state index contributed by atoms with van der Waals surface area (Å²) in [5.41, 5.74) is 5.27. The highest BCUT2D eigenvalue weighted by atomic mass is 16.1. The first-order valence-electron chi connectivity index (χ1n) is 7.08. The molecule has 0 saturated heterocycles. The molecule has 3 heteroatoms. The van der Waals surface area contributed by atoms with Crippen molar-refractivity contribution in [2.24, 2.45) is 0 Å². The van der Waals surface area contributed by atoms with Crippen LogP contribution in [0, 0.1) is 0 Å². The van der Waals surface area contributed by atoms with Crippen LogP contribution in [0.1, 0.15) is 22.3 Å². The second-order valence-electron chi connectivity index (χ2n) is 5.30. The van der Waals surface area contributed by atoms with Gasteiger partial charge in [-0.25, -0.2) is 4.68 Å². The summed E-state index contributed by atoms with van der Waals surface area (Å²) < 4.78 is 1.87. The van der Waals surface area contributed by atoms with E-state index in [-0.39, 0.29) is 5.78 Å². The molecule has 0 amide bonds. The average molecular weight is 274 g/mol. The zero-order valence-corrected chi connectivity index (χ0v) is 11.5. The van der Waals surface area contributed by atoms with Gasteiger partial charge in [0.1, 0.15) is 0 Å². The molecule has 1 heterocycles. The van der Waals surface area contributed by atoms with E-state index in [0.29, 0.717) is 6.42 Å². The molecule has 0 bridgehead atoms. The molecular weight excluding hydrogens is 260 g/mol. The molecule has 3 aromatic rings. The van der Waals surface area contributed by atoms with E-state index in [4.69, 9.17) is 0 Å². The number of rotatable bonds is 2. The van der Waals surface area contributed by atoms with Crippen LogP contribution in [0.25, 0.3) is 16.8 Å². The van der Waals surface area contributed by atoms with E-state index >= 15 is 0 Å². The van der Waals surface area contributed by atoms with Crippen LogP contribution in [0.15, 0.2) is 60.9 Å². The Morgan fingerprint density at radius 1 is 0.952 bits per heavy atom. The molecule has 102 valence electrons. The third-order valence-electron chi connectivity index (χ3n) is 3.96. The van der Waals surface area contributed by atoms with Gasteiger partial charge in [-0.1, -0.05) is 36.4 Å². The Balaban J connectivity index is 1.72. The van der Waals surface area contributed by atoms with Gasteiger partial charge in [0.15, 0.2) is 5.78 Å². The zero-order valence-electron chi connectivity index (χ0n) is 11.5. The molecule has 2 aromatic carbocycles. The van der Waals surface area contributed by atoms with Crippen LogP contribution in [-0.2, 0) is 6.42 Å². The van der Waals surface area contributed by atoms with E-state index in [0.717, 1.165) is 34.4 Å². The van der Waals surface area contributed by atoms with Gasteiger partial charge in [0.25, 0.3) is 0 Å². The minimum absolute atomic E-state index is 0.261. The Hall–Kier alpha value is -2.68. The normalized spacial score (nSPS) is 13.4. The SMILES string of the molecule is O=C1CCc2cc(-c3cnn(-c4ccccc4)c3)ccc21. The highest BCUT2D eigenvalue weighted by Crippen LogP contribution is 2.28. The number of aromatic nitrogens is 2. The maximum Gasteiger partial charge on any atom is 0.163 e. The lowest BCUT2D eigenvalue weighted by molar-refractivity contribution is 0.0994. The summed E-state index contributed by atoms with van der Waals surface area (Å²) in [7, 11) is 0. The van der Waals surface area contributed by atoms with Crippen LogP contribution in [-0.4, -0.2) is 15.6 Å². The highest BCUT2D eigenvalue weighted by Gasteiger charge is 2.19. The molecule has 0 radical (unpaired) electrons. The third-order valence-corrected chi connectivity index (χ3v) is 3.96. The number of carbonyl (C=O) groups is 1. The summed E-state index contributed by atoms with van der Waals surface area (Å²) in [4.78, 5) is 11.7. The van der Waals surface area contributed by atoms with Gasteiger partial charge in [-0.3, -0.25) is 4.79 Å². The second-order valence-corrected chi connectivity index (χ2v) is 5.30. The number of fused-ring (bicyclic) bond motifs is 1. The lowest BCUT2D eigenvalue weighted by Crippen LogP contribution is -1.92. The summed E-state index contributed by atoms with van der Waals surface area (Å²) >= 11 is 0. The Bertz CT molecular complexity index is 818. The van der Waals surface area contributed by atoms with Crippen molar-refractivity contribution >= 4 is 5.78 Å². The van der Waals surface area contributed by atoms with Gasteiger partial charge >= 0.3 is 0 Å². The van der Waals surface area contributed by atoms with Gasteiger partial charge in [0, 0.05) is 23.7 Å². The summed E-state index contributed by atoms with van der Waals surface area (Å²) in [6, 6.07) is 16.1. The van der Waals surface area contributed by atoms with Crippen molar-refractivity contribution in [1.29, 1.82) is 0 Å². The molecule has 0 atom stereocenters. The fraction of sp³-hybridized carbons (Fsp3) is 0.111. The molecule has 0 aliphatic heterocycles. The number of nitrogens with zero attached hydrogens (tertiary/aromatic N) is 2. The smallest absolute Gasteiger partial charge is 0.163 e. The Kier molecular flexibility index (Phi) is 2.71. The van der Waals surface area contributed by atoms with Gasteiger partial charge < -0.3 is 0 Å². The van der Waals surface area contributed by atoms with E-state index in [1.54, 1.807) is 0 Å². The van der Waals surface area contributed by atoms with Crippen molar-refractivity contribution in [1.82, 2.24) is 9.78 Å². The Morgan fingerprint density at radius 2 is 1.81 bits per heavy atom. The number of benzene rings is 2. The number of aryl methyl sites for hydroxylation is 1. The molecule has 1 aliphatic rings. The minimum Gasteiger partial charge on any atom is -0.294 e. The van der Waals surface area contributed by atoms with Gasteiger partial charge in [0.05, 0.1) is 11.9 Å². The lowest BCUT2D eigenvalue weighted by atomic mass is 10.0. The number of Topliss-reactive ketones (excluding diaryl/α,β-unsaturated/α-hetero) is 1. The van der Waals surface area contributed by atoms with Crippen LogP contribution in [0.5, 0.6) is 0 Å². The van der Waals surface area contributed by atoms with Crippen molar-refractivity contribution in [3.05, 3.63) is 72.1 Å². The molecule has 4 rings (SSSR count). The van der Waals surface area contributed by atoms with E-state index in [9.17, 15) is 4.79 Å². The van der Waals surface area contributed by atoms with E-state index in [2.05, 4.69) is 11.2 Å². The standard InChI is InChI=1S/C18H14N2O/c21-18-9-7-14-10-13(6-8-17(14)18)15-11-19-20(12-15)16-4-2-1-3-5-16/h1-6,8,10-12H,7,9H2.